The molecule has 1 heterocycles. The van der Waals surface area contributed by atoms with E-state index in [0.29, 0.717) is 25.9 Å². The SMILES string of the molecule is O=C(O)c1ccc2nc(NC(=O)c3ccc(Cl)c(Cl)c3)sc2c1. The van der Waals surface area contributed by atoms with Crippen molar-refractivity contribution in [2.75, 3.05) is 5.32 Å². The molecule has 0 fully saturated rings. The summed E-state index contributed by atoms with van der Waals surface area (Å²) in [6.45, 7) is 0. The molecule has 0 saturated heterocycles. The second kappa shape index (κ2) is 6.16. The van der Waals surface area contributed by atoms with Crippen LogP contribution in [0.1, 0.15) is 20.7 Å². The molecule has 23 heavy (non-hydrogen) atoms. The number of halogens is 2. The Bertz CT molecular complexity index is 940. The number of anilines is 1. The molecule has 0 bridgehead atoms. The fraction of sp³-hybridized carbons (Fsp3) is 0. The average molecular weight is 367 g/mol. The maximum absolute atomic E-state index is 12.2. The molecule has 5 nitrogen and oxygen atoms in total. The first-order valence-corrected chi connectivity index (χ1v) is 7.91. The number of thiazole rings is 1. The number of amides is 1. The topological polar surface area (TPSA) is 79.3 Å². The number of carbonyl (C=O) groups excluding carboxylic acids is 1. The molecule has 3 aromatic rings. The van der Waals surface area contributed by atoms with Crippen molar-refractivity contribution in [1.82, 2.24) is 4.98 Å². The molecule has 116 valence electrons. The molecule has 0 radical (unpaired) electrons. The summed E-state index contributed by atoms with van der Waals surface area (Å²) in [5.74, 6) is -1.39. The standard InChI is InChI=1S/C15H8Cl2N2O3S/c16-9-3-1-7(5-10(9)17)13(20)19-15-18-11-4-2-8(14(21)22)6-12(11)23-15/h1-6H,(H,21,22)(H,18,19,20). The maximum Gasteiger partial charge on any atom is 0.335 e. The molecular weight excluding hydrogens is 359 g/mol. The Morgan fingerprint density at radius 1 is 1.04 bits per heavy atom. The summed E-state index contributed by atoms with van der Waals surface area (Å²) in [6.07, 6.45) is 0. The fourth-order valence-corrected chi connectivity index (χ4v) is 3.12. The molecule has 0 atom stereocenters. The van der Waals surface area contributed by atoms with Crippen LogP contribution in [-0.4, -0.2) is 22.0 Å². The zero-order valence-electron chi connectivity index (χ0n) is 11.3. The van der Waals surface area contributed by atoms with E-state index in [-0.39, 0.29) is 16.5 Å². The van der Waals surface area contributed by atoms with Crippen LogP contribution in [0.25, 0.3) is 10.2 Å². The predicted octanol–water partition coefficient (Wildman–Crippen LogP) is 4.55. The Kier molecular flexibility index (Phi) is 4.21. The van der Waals surface area contributed by atoms with Crippen LogP contribution < -0.4 is 5.32 Å². The van der Waals surface area contributed by atoms with Crippen LogP contribution in [-0.2, 0) is 0 Å². The normalized spacial score (nSPS) is 10.7. The number of benzene rings is 2. The second-order valence-corrected chi connectivity index (χ2v) is 6.43. The fourth-order valence-electron chi connectivity index (χ4n) is 1.92. The third kappa shape index (κ3) is 3.29. The lowest BCUT2D eigenvalue weighted by Gasteiger charge is -2.02. The van der Waals surface area contributed by atoms with Gasteiger partial charge in [0.2, 0.25) is 0 Å². The highest BCUT2D eigenvalue weighted by molar-refractivity contribution is 7.22. The average Bonchev–Trinajstić information content (AvgIpc) is 2.90. The summed E-state index contributed by atoms with van der Waals surface area (Å²) in [4.78, 5) is 27.4. The number of nitrogens with one attached hydrogen (secondary N) is 1. The molecule has 0 aliphatic heterocycles. The van der Waals surface area contributed by atoms with Crippen LogP contribution in [0.4, 0.5) is 5.13 Å². The van der Waals surface area contributed by atoms with E-state index in [2.05, 4.69) is 10.3 Å². The molecule has 8 heteroatoms. The van der Waals surface area contributed by atoms with Crippen LogP contribution in [0.5, 0.6) is 0 Å². The summed E-state index contributed by atoms with van der Waals surface area (Å²) in [6, 6.07) is 9.15. The Labute approximate surface area is 144 Å². The lowest BCUT2D eigenvalue weighted by Crippen LogP contribution is -2.11. The van der Waals surface area contributed by atoms with Gasteiger partial charge in [0.15, 0.2) is 5.13 Å². The highest BCUT2D eigenvalue weighted by Gasteiger charge is 2.12. The quantitative estimate of drug-likeness (QED) is 0.712. The van der Waals surface area contributed by atoms with E-state index in [0.717, 1.165) is 0 Å². The molecule has 2 aromatic carbocycles. The summed E-state index contributed by atoms with van der Waals surface area (Å²) >= 11 is 12.9. The first-order chi connectivity index (χ1) is 10.9. The number of rotatable bonds is 3. The van der Waals surface area contributed by atoms with Crippen molar-refractivity contribution in [2.45, 2.75) is 0 Å². The molecule has 3 rings (SSSR count). The lowest BCUT2D eigenvalue weighted by atomic mass is 10.2. The van der Waals surface area contributed by atoms with Crippen LogP contribution in [0.3, 0.4) is 0 Å². The first kappa shape index (κ1) is 15.7. The van der Waals surface area contributed by atoms with E-state index in [4.69, 9.17) is 28.3 Å². The van der Waals surface area contributed by atoms with Gasteiger partial charge in [0.1, 0.15) is 0 Å². The smallest absolute Gasteiger partial charge is 0.335 e. The molecule has 0 aliphatic carbocycles. The molecule has 2 N–H and O–H groups in total. The molecule has 0 saturated carbocycles. The van der Waals surface area contributed by atoms with E-state index >= 15 is 0 Å². The van der Waals surface area contributed by atoms with Gasteiger partial charge in [-0.15, -0.1) is 0 Å². The van der Waals surface area contributed by atoms with Gasteiger partial charge in [0, 0.05) is 5.56 Å². The maximum atomic E-state index is 12.2. The number of aromatic carboxylic acids is 1. The predicted molar refractivity (Wildman–Crippen MR) is 91.0 cm³/mol. The molecule has 1 aromatic heterocycles. The van der Waals surface area contributed by atoms with E-state index < -0.39 is 5.97 Å². The summed E-state index contributed by atoms with van der Waals surface area (Å²) in [7, 11) is 0. The van der Waals surface area contributed by atoms with E-state index in [1.807, 2.05) is 0 Å². The van der Waals surface area contributed by atoms with E-state index in [9.17, 15) is 9.59 Å². The summed E-state index contributed by atoms with van der Waals surface area (Å²) in [5.41, 5.74) is 1.14. The van der Waals surface area contributed by atoms with Gasteiger partial charge in [0.25, 0.3) is 5.91 Å². The van der Waals surface area contributed by atoms with Gasteiger partial charge in [-0.25, -0.2) is 9.78 Å². The van der Waals surface area contributed by atoms with Crippen LogP contribution in [0, 0.1) is 0 Å². The van der Waals surface area contributed by atoms with Crippen LogP contribution >= 0.6 is 34.5 Å². The first-order valence-electron chi connectivity index (χ1n) is 6.34. The van der Waals surface area contributed by atoms with Crippen LogP contribution in [0.15, 0.2) is 36.4 Å². The van der Waals surface area contributed by atoms with Gasteiger partial charge < -0.3 is 5.11 Å². The van der Waals surface area contributed by atoms with Crippen molar-refractivity contribution in [3.05, 3.63) is 57.6 Å². The van der Waals surface area contributed by atoms with E-state index in [1.54, 1.807) is 12.1 Å². The third-order valence-corrected chi connectivity index (χ3v) is 4.71. The number of hydrogen-bond acceptors (Lipinski definition) is 4. The van der Waals surface area contributed by atoms with Crippen molar-refractivity contribution >= 4 is 61.8 Å². The van der Waals surface area contributed by atoms with Gasteiger partial charge >= 0.3 is 5.97 Å². The lowest BCUT2D eigenvalue weighted by molar-refractivity contribution is 0.0697. The van der Waals surface area contributed by atoms with Gasteiger partial charge in [0.05, 0.1) is 25.8 Å². The zero-order valence-corrected chi connectivity index (χ0v) is 13.7. The van der Waals surface area contributed by atoms with Gasteiger partial charge in [-0.3, -0.25) is 10.1 Å². The zero-order chi connectivity index (χ0) is 16.6. The largest absolute Gasteiger partial charge is 0.478 e. The second-order valence-electron chi connectivity index (χ2n) is 4.59. The minimum Gasteiger partial charge on any atom is -0.478 e. The van der Waals surface area contributed by atoms with Gasteiger partial charge in [-0.05, 0) is 36.4 Å². The number of carbonyl (C=O) groups is 2. The number of hydrogen-bond donors (Lipinski definition) is 2. The molecule has 0 spiro atoms. The Morgan fingerprint density at radius 2 is 1.78 bits per heavy atom. The Morgan fingerprint density at radius 3 is 2.48 bits per heavy atom. The molecule has 0 aliphatic rings. The number of carboxylic acids is 1. The van der Waals surface area contributed by atoms with Crippen molar-refractivity contribution in [3.63, 3.8) is 0 Å². The molecule has 1 amide bonds. The molecular formula is C15H8Cl2N2O3S. The molecule has 0 unspecified atom stereocenters. The minimum atomic E-state index is -1.01. The van der Waals surface area contributed by atoms with Crippen LogP contribution in [0.2, 0.25) is 10.0 Å². The Balaban J connectivity index is 1.87. The number of carboxylic acid groups (broad SMARTS) is 1. The number of nitrogens with zero attached hydrogens (tertiary/aromatic N) is 1. The van der Waals surface area contributed by atoms with Crippen molar-refractivity contribution in [2.24, 2.45) is 0 Å². The summed E-state index contributed by atoms with van der Waals surface area (Å²) in [5, 5.41) is 12.7. The highest BCUT2D eigenvalue weighted by atomic mass is 35.5. The monoisotopic (exact) mass is 366 g/mol. The third-order valence-electron chi connectivity index (χ3n) is 3.04. The van der Waals surface area contributed by atoms with Gasteiger partial charge in [-0.1, -0.05) is 34.5 Å². The summed E-state index contributed by atoms with van der Waals surface area (Å²) < 4.78 is 0.675. The minimum absolute atomic E-state index is 0.170. The van der Waals surface area contributed by atoms with Gasteiger partial charge in [-0.2, -0.15) is 0 Å². The van der Waals surface area contributed by atoms with Crippen molar-refractivity contribution in [3.8, 4) is 0 Å². The number of fused-ring (bicyclic) bond motifs is 1. The van der Waals surface area contributed by atoms with Crippen molar-refractivity contribution < 1.29 is 14.7 Å². The van der Waals surface area contributed by atoms with Crippen molar-refractivity contribution in [1.29, 1.82) is 0 Å². The number of aromatic nitrogens is 1. The Hall–Kier alpha value is -2.15. The highest BCUT2D eigenvalue weighted by Crippen LogP contribution is 2.28. The van der Waals surface area contributed by atoms with E-state index in [1.165, 1.54) is 35.6 Å².